The van der Waals surface area contributed by atoms with Crippen molar-refractivity contribution in [3.63, 3.8) is 0 Å². The molecule has 70 heavy (non-hydrogen) atoms. The number of fused-ring (bicyclic) bond motifs is 12. The maximum absolute atomic E-state index is 2.47. The molecular formula is C68H52N2. The van der Waals surface area contributed by atoms with Gasteiger partial charge in [-0.3, -0.25) is 0 Å². The van der Waals surface area contributed by atoms with E-state index in [9.17, 15) is 0 Å². The lowest BCUT2D eigenvalue weighted by Gasteiger charge is -2.24. The van der Waals surface area contributed by atoms with E-state index in [1.165, 1.54) is 144 Å². The van der Waals surface area contributed by atoms with E-state index in [1.807, 2.05) is 0 Å². The van der Waals surface area contributed by atoms with Gasteiger partial charge in [-0.05, 0) is 188 Å². The number of aromatic nitrogens is 2. The molecule has 0 amide bonds. The predicted molar refractivity (Wildman–Crippen MR) is 296 cm³/mol. The fourth-order valence-corrected chi connectivity index (χ4v) is 12.7. The molecule has 10 aromatic carbocycles. The molecule has 0 spiro atoms. The number of benzene rings is 10. The van der Waals surface area contributed by atoms with Crippen LogP contribution in [-0.4, -0.2) is 9.13 Å². The maximum Gasteiger partial charge on any atom is 0.0541 e. The monoisotopic (exact) mass is 896 g/mol. The molecule has 2 aliphatic carbocycles. The molecule has 0 radical (unpaired) electrons. The van der Waals surface area contributed by atoms with E-state index in [2.05, 4.69) is 257 Å². The summed E-state index contributed by atoms with van der Waals surface area (Å²) >= 11 is 0. The van der Waals surface area contributed by atoms with Gasteiger partial charge < -0.3 is 9.13 Å². The maximum atomic E-state index is 2.47. The first-order chi connectivity index (χ1) is 34.0. The Morgan fingerprint density at radius 2 is 0.600 bits per heavy atom. The van der Waals surface area contributed by atoms with Crippen molar-refractivity contribution in [3.05, 3.63) is 240 Å². The standard InChI is InChI=1S/C68H52N2/c1-41-32-42(2)34-50(33-41)70-64-19-13-11-17-56(64)58-36-44(25-31-66(58)70)46-21-27-52-54-29-23-48(40-62(54)68(5,6)60(52)38-46)47-22-28-53-51-26-20-45(37-59(51)67(3,4)61(53)39-47)43-24-30-65-57(35-43)55-16-10-12-18-63(55)69(65)49-14-8-7-9-15-49/h7-40H,1-6H3. The van der Waals surface area contributed by atoms with Crippen molar-refractivity contribution >= 4 is 43.6 Å². The molecule has 2 aromatic heterocycles. The molecule has 0 unspecified atom stereocenters. The summed E-state index contributed by atoms with van der Waals surface area (Å²) in [6, 6.07) is 77.9. The van der Waals surface area contributed by atoms with Gasteiger partial charge in [-0.25, -0.2) is 0 Å². The van der Waals surface area contributed by atoms with Crippen LogP contribution in [0.3, 0.4) is 0 Å². The SMILES string of the molecule is Cc1cc(C)cc(-n2c3ccccc3c3cc(-c4ccc5c(c4)C(C)(C)c4cc(-c6ccc7c(c6)C(C)(C)c6cc(-c8ccc9c(c8)c8ccccc8n9-c8ccccc8)ccc6-7)ccc4-5)ccc32)c1. The zero-order valence-electron chi connectivity index (χ0n) is 40.5. The molecule has 0 bridgehead atoms. The van der Waals surface area contributed by atoms with Crippen molar-refractivity contribution in [1.82, 2.24) is 9.13 Å². The van der Waals surface area contributed by atoms with Crippen molar-refractivity contribution in [3.8, 4) is 67.0 Å². The van der Waals surface area contributed by atoms with Gasteiger partial charge in [-0.15, -0.1) is 0 Å². The fourth-order valence-electron chi connectivity index (χ4n) is 12.7. The van der Waals surface area contributed by atoms with E-state index in [0.29, 0.717) is 0 Å². The lowest BCUT2D eigenvalue weighted by molar-refractivity contribution is 0.660. The van der Waals surface area contributed by atoms with Gasteiger partial charge in [0.2, 0.25) is 0 Å². The van der Waals surface area contributed by atoms with Gasteiger partial charge in [0.25, 0.3) is 0 Å². The minimum Gasteiger partial charge on any atom is -0.309 e. The lowest BCUT2D eigenvalue weighted by Crippen LogP contribution is -2.15. The van der Waals surface area contributed by atoms with Crippen LogP contribution in [0.25, 0.3) is 111 Å². The Hall–Kier alpha value is -8.20. The summed E-state index contributed by atoms with van der Waals surface area (Å²) in [5.41, 5.74) is 28.0. The van der Waals surface area contributed by atoms with Crippen LogP contribution >= 0.6 is 0 Å². The Labute approximate surface area is 409 Å². The Bertz CT molecular complexity index is 4170. The molecule has 0 aliphatic heterocycles. The number of para-hydroxylation sites is 3. The van der Waals surface area contributed by atoms with Gasteiger partial charge in [-0.1, -0.05) is 149 Å². The first-order valence-corrected chi connectivity index (χ1v) is 24.8. The highest BCUT2D eigenvalue weighted by molar-refractivity contribution is 6.12. The number of hydrogen-bond donors (Lipinski definition) is 0. The smallest absolute Gasteiger partial charge is 0.0541 e. The summed E-state index contributed by atoms with van der Waals surface area (Å²) in [6.45, 7) is 14.0. The molecule has 0 N–H and O–H groups in total. The lowest BCUT2D eigenvalue weighted by atomic mass is 9.79. The molecule has 14 rings (SSSR count). The second-order valence-corrected chi connectivity index (χ2v) is 21.1. The van der Waals surface area contributed by atoms with Gasteiger partial charge in [0.05, 0.1) is 22.1 Å². The second kappa shape index (κ2) is 14.7. The summed E-state index contributed by atoms with van der Waals surface area (Å²) in [6.07, 6.45) is 0. The van der Waals surface area contributed by atoms with Gasteiger partial charge in [-0.2, -0.15) is 0 Å². The highest BCUT2D eigenvalue weighted by Crippen LogP contribution is 2.53. The Balaban J connectivity index is 0.787. The summed E-state index contributed by atoms with van der Waals surface area (Å²) in [5, 5.41) is 5.11. The molecule has 0 saturated heterocycles. The van der Waals surface area contributed by atoms with E-state index in [4.69, 9.17) is 0 Å². The van der Waals surface area contributed by atoms with Gasteiger partial charge in [0.1, 0.15) is 0 Å². The van der Waals surface area contributed by atoms with Crippen molar-refractivity contribution < 1.29 is 0 Å². The van der Waals surface area contributed by atoms with Crippen molar-refractivity contribution in [2.24, 2.45) is 0 Å². The van der Waals surface area contributed by atoms with Crippen molar-refractivity contribution in [2.45, 2.75) is 52.4 Å². The summed E-state index contributed by atoms with van der Waals surface area (Å²) in [5.74, 6) is 0. The van der Waals surface area contributed by atoms with Gasteiger partial charge in [0, 0.05) is 43.7 Å². The van der Waals surface area contributed by atoms with Crippen LogP contribution < -0.4 is 0 Å². The molecule has 0 atom stereocenters. The number of hydrogen-bond acceptors (Lipinski definition) is 0. The molecule has 2 heteroatoms. The molecular weight excluding hydrogens is 845 g/mol. The second-order valence-electron chi connectivity index (χ2n) is 21.1. The van der Waals surface area contributed by atoms with Crippen LogP contribution in [0.15, 0.2) is 206 Å². The number of nitrogens with zero attached hydrogens (tertiary/aromatic N) is 2. The topological polar surface area (TPSA) is 9.86 Å². The van der Waals surface area contributed by atoms with E-state index in [-0.39, 0.29) is 10.8 Å². The predicted octanol–water partition coefficient (Wildman–Crippen LogP) is 18.1. The zero-order valence-corrected chi connectivity index (χ0v) is 40.5. The summed E-state index contributed by atoms with van der Waals surface area (Å²) in [7, 11) is 0. The highest BCUT2D eigenvalue weighted by atomic mass is 15.0. The van der Waals surface area contributed by atoms with Crippen LogP contribution in [-0.2, 0) is 10.8 Å². The minimum absolute atomic E-state index is 0.162. The third-order valence-electron chi connectivity index (χ3n) is 16.2. The number of aryl methyl sites for hydroxylation is 2. The van der Waals surface area contributed by atoms with Crippen LogP contribution in [0.1, 0.15) is 61.1 Å². The van der Waals surface area contributed by atoms with Crippen LogP contribution in [0.4, 0.5) is 0 Å². The van der Waals surface area contributed by atoms with Crippen molar-refractivity contribution in [1.29, 1.82) is 0 Å². The quantitative estimate of drug-likeness (QED) is 0.163. The van der Waals surface area contributed by atoms with Crippen LogP contribution in [0.5, 0.6) is 0 Å². The number of rotatable bonds is 5. The average molecular weight is 897 g/mol. The molecule has 334 valence electrons. The Morgan fingerprint density at radius 3 is 1.01 bits per heavy atom. The molecule has 2 nitrogen and oxygen atoms in total. The first kappa shape index (κ1) is 40.8. The largest absolute Gasteiger partial charge is 0.309 e. The van der Waals surface area contributed by atoms with Crippen LogP contribution in [0, 0.1) is 13.8 Å². The van der Waals surface area contributed by atoms with E-state index < -0.39 is 0 Å². The molecule has 0 saturated carbocycles. The van der Waals surface area contributed by atoms with E-state index >= 15 is 0 Å². The van der Waals surface area contributed by atoms with Crippen LogP contribution in [0.2, 0.25) is 0 Å². The van der Waals surface area contributed by atoms with Gasteiger partial charge in [0.15, 0.2) is 0 Å². The molecule has 2 heterocycles. The summed E-state index contributed by atoms with van der Waals surface area (Å²) < 4.78 is 4.82. The zero-order chi connectivity index (χ0) is 47.2. The van der Waals surface area contributed by atoms with E-state index in [0.717, 1.165) is 0 Å². The Kier molecular flexibility index (Phi) is 8.55. The normalized spacial score (nSPS) is 14.1. The minimum atomic E-state index is -0.165. The molecule has 2 aliphatic rings. The summed E-state index contributed by atoms with van der Waals surface area (Å²) in [4.78, 5) is 0. The third kappa shape index (κ3) is 5.86. The average Bonchev–Trinajstić information content (AvgIpc) is 4.04. The first-order valence-electron chi connectivity index (χ1n) is 24.8. The molecule has 12 aromatic rings. The fraction of sp³-hybridized carbons (Fsp3) is 0.118. The third-order valence-corrected chi connectivity index (χ3v) is 16.2. The molecule has 0 fully saturated rings. The highest BCUT2D eigenvalue weighted by Gasteiger charge is 2.38. The van der Waals surface area contributed by atoms with E-state index in [1.54, 1.807) is 0 Å². The van der Waals surface area contributed by atoms with Gasteiger partial charge >= 0.3 is 0 Å². The Morgan fingerprint density at radius 1 is 0.271 bits per heavy atom. The van der Waals surface area contributed by atoms with Crippen molar-refractivity contribution in [2.75, 3.05) is 0 Å².